The number of thioether (sulfide) groups is 1. The van der Waals surface area contributed by atoms with Crippen LogP contribution in [0.1, 0.15) is 22.8 Å². The molecule has 0 saturated heterocycles. The summed E-state index contributed by atoms with van der Waals surface area (Å²) in [7, 11) is 0. The third kappa shape index (κ3) is 8.51. The van der Waals surface area contributed by atoms with E-state index < -0.39 is 11.8 Å². The summed E-state index contributed by atoms with van der Waals surface area (Å²) in [5.41, 5.74) is 2.67. The number of carbonyl (C=O) groups is 3. The van der Waals surface area contributed by atoms with Gasteiger partial charge in [-0.1, -0.05) is 52.3 Å². The molecule has 43 heavy (non-hydrogen) atoms. The molecule has 3 N–H and O–H groups in total. The average Bonchev–Trinajstić information content (AvgIpc) is 3.71. The Labute approximate surface area is 269 Å². The van der Waals surface area contributed by atoms with Gasteiger partial charge in [0.05, 0.1) is 15.8 Å². The van der Waals surface area contributed by atoms with Crippen molar-refractivity contribution in [1.82, 2.24) is 10.3 Å². The van der Waals surface area contributed by atoms with Crippen LogP contribution in [0.3, 0.4) is 0 Å². The highest BCUT2D eigenvalue weighted by molar-refractivity contribution is 9.10. The number of anilines is 2. The molecule has 0 spiro atoms. The first-order valence-corrected chi connectivity index (χ1v) is 16.5. The monoisotopic (exact) mass is 688 g/mol. The van der Waals surface area contributed by atoms with Gasteiger partial charge >= 0.3 is 0 Å². The molecular weight excluding hydrogens is 664 g/mol. The number of benzene rings is 3. The van der Waals surface area contributed by atoms with Gasteiger partial charge in [-0.15, -0.1) is 34.4 Å². The van der Waals surface area contributed by atoms with E-state index in [0.29, 0.717) is 16.4 Å². The molecule has 216 valence electrons. The third-order valence-corrected chi connectivity index (χ3v) is 9.25. The molecule has 2 aromatic heterocycles. The lowest BCUT2D eigenvalue weighted by molar-refractivity contribution is -0.115. The smallest absolute Gasteiger partial charge is 0.272 e. The van der Waals surface area contributed by atoms with E-state index in [9.17, 15) is 14.4 Å². The number of halogens is 1. The van der Waals surface area contributed by atoms with Crippen LogP contribution >= 0.6 is 50.4 Å². The molecule has 0 saturated carbocycles. The van der Waals surface area contributed by atoms with Crippen LogP contribution in [0.4, 0.5) is 10.8 Å². The van der Waals surface area contributed by atoms with Crippen LogP contribution < -0.4 is 16.0 Å². The van der Waals surface area contributed by atoms with Gasteiger partial charge in [0, 0.05) is 26.0 Å². The van der Waals surface area contributed by atoms with E-state index >= 15 is 0 Å². The summed E-state index contributed by atoms with van der Waals surface area (Å²) in [6, 6.07) is 27.3. The number of carbonyl (C=O) groups excluding carboxylic acids is 3. The van der Waals surface area contributed by atoms with E-state index in [-0.39, 0.29) is 16.9 Å². The van der Waals surface area contributed by atoms with Gasteiger partial charge in [0.15, 0.2) is 5.13 Å². The second kappa shape index (κ2) is 14.4. The zero-order valence-electron chi connectivity index (χ0n) is 22.7. The Hall–Kier alpha value is -4.03. The lowest BCUT2D eigenvalue weighted by atomic mass is 10.1. The normalized spacial score (nSPS) is 11.9. The Morgan fingerprint density at radius 1 is 0.907 bits per heavy atom. The summed E-state index contributed by atoms with van der Waals surface area (Å²) < 4.78 is 0.848. The van der Waals surface area contributed by atoms with Crippen molar-refractivity contribution in [1.29, 1.82) is 0 Å². The standard InChI is InChI=1S/C32H25BrN4O3S3/c1-20(29(38)37-32-36-27(19-42-32)28-11-6-16-41-28)43-25-14-12-24(13-15-25)34-31(40)26(18-21-7-5-10-23(33)17-21)35-30(39)22-8-3-2-4-9-22/h2-20H,1H3,(H,34,40)(H,35,39)(H,36,37,38)/b26-18-. The maximum absolute atomic E-state index is 13.3. The van der Waals surface area contributed by atoms with Crippen molar-refractivity contribution >= 4 is 85.0 Å². The summed E-state index contributed by atoms with van der Waals surface area (Å²) in [5, 5.41) is 12.6. The van der Waals surface area contributed by atoms with Crippen LogP contribution in [-0.2, 0) is 9.59 Å². The van der Waals surface area contributed by atoms with Crippen LogP contribution in [0.5, 0.6) is 0 Å². The van der Waals surface area contributed by atoms with Crippen molar-refractivity contribution in [3.05, 3.63) is 123 Å². The summed E-state index contributed by atoms with van der Waals surface area (Å²) in [5.74, 6) is -1.01. The van der Waals surface area contributed by atoms with E-state index in [1.807, 2.05) is 72.3 Å². The third-order valence-electron chi connectivity index (χ3n) is 5.99. The fourth-order valence-corrected chi connectivity index (χ4v) is 6.61. The van der Waals surface area contributed by atoms with Crippen molar-refractivity contribution in [3.8, 4) is 10.6 Å². The SMILES string of the molecule is CC(Sc1ccc(NC(=O)/C(=C/c2cccc(Br)c2)NC(=O)c2ccccc2)cc1)C(=O)Nc1nc(-c2cccs2)cs1. The first-order valence-electron chi connectivity index (χ1n) is 13.1. The predicted octanol–water partition coefficient (Wildman–Crippen LogP) is 8.16. The van der Waals surface area contributed by atoms with Gasteiger partial charge in [-0.05, 0) is 78.5 Å². The predicted molar refractivity (Wildman–Crippen MR) is 180 cm³/mol. The highest BCUT2D eigenvalue weighted by Gasteiger charge is 2.18. The minimum absolute atomic E-state index is 0.0973. The molecule has 3 amide bonds. The van der Waals surface area contributed by atoms with Gasteiger partial charge in [0.2, 0.25) is 5.91 Å². The molecule has 0 radical (unpaired) electrons. The van der Waals surface area contributed by atoms with Gasteiger partial charge in [-0.25, -0.2) is 4.98 Å². The van der Waals surface area contributed by atoms with E-state index in [0.717, 1.165) is 25.5 Å². The molecule has 2 heterocycles. The first kappa shape index (κ1) is 30.4. The van der Waals surface area contributed by atoms with Crippen LogP contribution in [0.15, 0.2) is 117 Å². The van der Waals surface area contributed by atoms with Crippen LogP contribution in [0, 0.1) is 0 Å². The average molecular weight is 690 g/mol. The second-order valence-electron chi connectivity index (χ2n) is 9.18. The van der Waals surface area contributed by atoms with Crippen molar-refractivity contribution in [2.45, 2.75) is 17.1 Å². The molecule has 11 heteroatoms. The van der Waals surface area contributed by atoms with Gasteiger partial charge in [0.25, 0.3) is 11.8 Å². The van der Waals surface area contributed by atoms with E-state index in [4.69, 9.17) is 0 Å². The molecule has 3 aromatic carbocycles. The quantitative estimate of drug-likeness (QED) is 0.102. The number of thiophene rings is 1. The minimum atomic E-state index is -0.470. The number of thiazole rings is 1. The molecule has 0 aliphatic rings. The number of amides is 3. The van der Waals surface area contributed by atoms with Crippen molar-refractivity contribution in [2.75, 3.05) is 10.6 Å². The number of nitrogens with one attached hydrogen (secondary N) is 3. The maximum atomic E-state index is 13.3. The highest BCUT2D eigenvalue weighted by atomic mass is 79.9. The summed E-state index contributed by atoms with van der Waals surface area (Å²) in [4.78, 5) is 45.4. The summed E-state index contributed by atoms with van der Waals surface area (Å²) >= 11 is 7.84. The molecular formula is C32H25BrN4O3S3. The molecule has 0 bridgehead atoms. The molecule has 5 aromatic rings. The minimum Gasteiger partial charge on any atom is -0.321 e. The fourth-order valence-electron chi connectivity index (χ4n) is 3.85. The summed E-state index contributed by atoms with van der Waals surface area (Å²) in [6.07, 6.45) is 1.62. The Balaban J connectivity index is 1.22. The molecule has 0 aliphatic heterocycles. The van der Waals surface area contributed by atoms with Gasteiger partial charge in [0.1, 0.15) is 5.70 Å². The molecule has 0 fully saturated rings. The maximum Gasteiger partial charge on any atom is 0.272 e. The largest absolute Gasteiger partial charge is 0.321 e. The topological polar surface area (TPSA) is 100 Å². The Morgan fingerprint density at radius 2 is 1.70 bits per heavy atom. The number of nitrogens with zero attached hydrogens (tertiary/aromatic N) is 1. The number of hydrogen-bond donors (Lipinski definition) is 3. The van der Waals surface area contributed by atoms with E-state index in [1.165, 1.54) is 23.1 Å². The van der Waals surface area contributed by atoms with Gasteiger partial charge < -0.3 is 16.0 Å². The van der Waals surface area contributed by atoms with E-state index in [2.05, 4.69) is 36.9 Å². The molecule has 0 aliphatic carbocycles. The Morgan fingerprint density at radius 3 is 2.42 bits per heavy atom. The Kier molecular flexibility index (Phi) is 10.2. The molecule has 1 atom stereocenters. The lowest BCUT2D eigenvalue weighted by Crippen LogP contribution is -2.30. The van der Waals surface area contributed by atoms with Crippen molar-refractivity contribution in [2.24, 2.45) is 0 Å². The van der Waals surface area contributed by atoms with Gasteiger partial charge in [-0.3, -0.25) is 14.4 Å². The molecule has 1 unspecified atom stereocenters. The number of rotatable bonds is 10. The van der Waals surface area contributed by atoms with Crippen LogP contribution in [0.2, 0.25) is 0 Å². The zero-order valence-corrected chi connectivity index (χ0v) is 26.8. The van der Waals surface area contributed by atoms with Crippen LogP contribution in [-0.4, -0.2) is 28.0 Å². The summed E-state index contributed by atoms with van der Waals surface area (Å²) in [6.45, 7) is 1.83. The van der Waals surface area contributed by atoms with Crippen LogP contribution in [0.25, 0.3) is 16.6 Å². The Bertz CT molecular complexity index is 1750. The lowest BCUT2D eigenvalue weighted by Gasteiger charge is -2.13. The molecule has 5 rings (SSSR count). The number of hydrogen-bond acceptors (Lipinski definition) is 7. The highest BCUT2D eigenvalue weighted by Crippen LogP contribution is 2.30. The zero-order chi connectivity index (χ0) is 30.2. The van der Waals surface area contributed by atoms with E-state index in [1.54, 1.807) is 53.8 Å². The van der Waals surface area contributed by atoms with Crippen molar-refractivity contribution < 1.29 is 14.4 Å². The second-order valence-corrected chi connectivity index (χ2v) is 13.3. The molecule has 7 nitrogen and oxygen atoms in total. The fraction of sp³-hybridized carbons (Fsp3) is 0.0625. The van der Waals surface area contributed by atoms with Crippen molar-refractivity contribution in [3.63, 3.8) is 0 Å². The van der Waals surface area contributed by atoms with Gasteiger partial charge in [-0.2, -0.15) is 0 Å². The number of aromatic nitrogens is 1. The first-order chi connectivity index (χ1) is 20.8.